The van der Waals surface area contributed by atoms with E-state index in [1.54, 1.807) is 19.2 Å². The second kappa shape index (κ2) is 7.74. The number of H-pyrrole nitrogens is 1. The number of aromatic amines is 1. The van der Waals surface area contributed by atoms with Crippen LogP contribution in [-0.2, 0) is 6.42 Å². The molecule has 3 rings (SSSR count). The number of halogens is 1. The van der Waals surface area contributed by atoms with Crippen molar-refractivity contribution in [2.45, 2.75) is 19.4 Å². The lowest BCUT2D eigenvalue weighted by atomic mass is 10.1. The first-order valence-electron chi connectivity index (χ1n) is 8.22. The summed E-state index contributed by atoms with van der Waals surface area (Å²) >= 11 is 3.35. The number of carbonyl (C=O) groups is 1. The van der Waals surface area contributed by atoms with Crippen LogP contribution in [0.2, 0.25) is 0 Å². The molecule has 0 fully saturated rings. The van der Waals surface area contributed by atoms with Gasteiger partial charge in [-0.15, -0.1) is 0 Å². The quantitative estimate of drug-likeness (QED) is 0.668. The summed E-state index contributed by atoms with van der Waals surface area (Å²) in [5, 5.41) is 3.47. The second-order valence-corrected chi connectivity index (χ2v) is 7.08. The highest BCUT2D eigenvalue weighted by Gasteiger charge is 2.13. The molecule has 1 unspecified atom stereocenters. The smallest absolute Gasteiger partial charge is 0.268 e. The van der Waals surface area contributed by atoms with Crippen molar-refractivity contribution in [3.05, 3.63) is 74.5 Å². The second-order valence-electron chi connectivity index (χ2n) is 6.17. The Balaban J connectivity index is 1.75. The molecule has 1 atom stereocenters. The molecule has 1 heterocycles. The van der Waals surface area contributed by atoms with Crippen molar-refractivity contribution in [2.24, 2.45) is 0 Å². The molecule has 134 valence electrons. The van der Waals surface area contributed by atoms with E-state index in [9.17, 15) is 9.59 Å². The lowest BCUT2D eigenvalue weighted by Gasteiger charge is -2.15. The highest BCUT2D eigenvalue weighted by molar-refractivity contribution is 9.10. The minimum absolute atomic E-state index is 0.0984. The van der Waals surface area contributed by atoms with Crippen LogP contribution in [0.5, 0.6) is 5.75 Å². The van der Waals surface area contributed by atoms with Crippen LogP contribution in [0.15, 0.2) is 57.8 Å². The van der Waals surface area contributed by atoms with E-state index in [0.29, 0.717) is 17.3 Å². The molecule has 5 nitrogen and oxygen atoms in total. The molecule has 0 aliphatic rings. The molecule has 3 aromatic rings. The van der Waals surface area contributed by atoms with Gasteiger partial charge in [-0.3, -0.25) is 9.59 Å². The third-order valence-electron chi connectivity index (χ3n) is 4.09. The minimum atomic E-state index is -0.303. The molecule has 0 bridgehead atoms. The highest BCUT2D eigenvalue weighted by atomic mass is 79.9. The number of benzene rings is 2. The van der Waals surface area contributed by atoms with Gasteiger partial charge in [-0.2, -0.15) is 0 Å². The van der Waals surface area contributed by atoms with E-state index in [4.69, 9.17) is 4.74 Å². The zero-order chi connectivity index (χ0) is 18.7. The van der Waals surface area contributed by atoms with Crippen molar-refractivity contribution in [3.8, 4) is 5.75 Å². The topological polar surface area (TPSA) is 71.2 Å². The van der Waals surface area contributed by atoms with Gasteiger partial charge in [0.25, 0.3) is 5.91 Å². The average Bonchev–Trinajstić information content (AvgIpc) is 2.62. The number of nitrogens with one attached hydrogen (secondary N) is 2. The number of aromatic nitrogens is 1. The summed E-state index contributed by atoms with van der Waals surface area (Å²) in [6, 6.07) is 14.3. The van der Waals surface area contributed by atoms with E-state index in [2.05, 4.69) is 26.2 Å². The monoisotopic (exact) mass is 414 g/mol. The molecule has 0 radical (unpaired) electrons. The summed E-state index contributed by atoms with van der Waals surface area (Å²) in [4.78, 5) is 27.8. The number of rotatable bonds is 5. The van der Waals surface area contributed by atoms with Crippen LogP contribution in [0, 0.1) is 0 Å². The molecule has 0 aliphatic carbocycles. The van der Waals surface area contributed by atoms with E-state index >= 15 is 0 Å². The van der Waals surface area contributed by atoms with Crippen LogP contribution in [-0.4, -0.2) is 24.0 Å². The fraction of sp³-hybridized carbons (Fsp3) is 0.200. The Morgan fingerprint density at radius 3 is 2.81 bits per heavy atom. The molecule has 0 spiro atoms. The molecule has 6 heteroatoms. The van der Waals surface area contributed by atoms with Gasteiger partial charge in [-0.05, 0) is 49.2 Å². The summed E-state index contributed by atoms with van der Waals surface area (Å²) in [7, 11) is 1.62. The lowest BCUT2D eigenvalue weighted by molar-refractivity contribution is 0.0935. The fourth-order valence-corrected chi connectivity index (χ4v) is 3.21. The summed E-state index contributed by atoms with van der Waals surface area (Å²) in [6.07, 6.45) is 0.660. The predicted octanol–water partition coefficient (Wildman–Crippen LogP) is 3.66. The molecule has 0 aliphatic heterocycles. The first-order valence-corrected chi connectivity index (χ1v) is 9.02. The normalized spacial score (nSPS) is 12.0. The van der Waals surface area contributed by atoms with Gasteiger partial charge in [0, 0.05) is 27.5 Å². The third kappa shape index (κ3) is 4.14. The van der Waals surface area contributed by atoms with Crippen molar-refractivity contribution in [1.29, 1.82) is 0 Å². The Hall–Kier alpha value is -2.60. The zero-order valence-electron chi connectivity index (χ0n) is 14.5. The number of pyridine rings is 1. The maximum atomic E-state index is 12.5. The van der Waals surface area contributed by atoms with Gasteiger partial charge in [-0.25, -0.2) is 0 Å². The van der Waals surface area contributed by atoms with Gasteiger partial charge in [0.2, 0.25) is 0 Å². The van der Waals surface area contributed by atoms with Gasteiger partial charge < -0.3 is 15.0 Å². The lowest BCUT2D eigenvalue weighted by Crippen LogP contribution is -2.35. The molecule has 0 saturated heterocycles. The molecule has 2 N–H and O–H groups in total. The van der Waals surface area contributed by atoms with Crippen LogP contribution in [0.3, 0.4) is 0 Å². The van der Waals surface area contributed by atoms with Gasteiger partial charge in [0.1, 0.15) is 11.4 Å². The van der Waals surface area contributed by atoms with Gasteiger partial charge >= 0.3 is 0 Å². The SMILES string of the molecule is COc1cccc(CC(C)NC(=O)c2cc(=O)c3cc(Br)ccc3[nH]2)c1. The highest BCUT2D eigenvalue weighted by Crippen LogP contribution is 2.16. The number of carbonyl (C=O) groups excluding carboxylic acids is 1. The molecular weight excluding hydrogens is 396 g/mol. The Labute approximate surface area is 159 Å². The van der Waals surface area contributed by atoms with Crippen LogP contribution in [0.4, 0.5) is 0 Å². The standard InChI is InChI=1S/C20H19BrN2O3/c1-12(8-13-4-3-5-15(9-13)26-2)22-20(25)18-11-19(24)16-10-14(21)6-7-17(16)23-18/h3-7,9-12H,8H2,1-2H3,(H,22,25)(H,23,24). The number of amides is 1. The van der Waals surface area contributed by atoms with Crippen molar-refractivity contribution in [1.82, 2.24) is 10.3 Å². The first kappa shape index (κ1) is 18.2. The molecular formula is C20H19BrN2O3. The number of ether oxygens (including phenoxy) is 1. The maximum Gasteiger partial charge on any atom is 0.268 e. The van der Waals surface area contributed by atoms with E-state index in [0.717, 1.165) is 15.8 Å². The summed E-state index contributed by atoms with van der Waals surface area (Å²) < 4.78 is 6.04. The van der Waals surface area contributed by atoms with Crippen LogP contribution in [0.25, 0.3) is 10.9 Å². The minimum Gasteiger partial charge on any atom is -0.497 e. The fourth-order valence-electron chi connectivity index (χ4n) is 2.85. The van der Waals surface area contributed by atoms with Crippen molar-refractivity contribution < 1.29 is 9.53 Å². The number of hydrogen-bond donors (Lipinski definition) is 2. The first-order chi connectivity index (χ1) is 12.5. The number of hydrogen-bond acceptors (Lipinski definition) is 3. The molecule has 0 saturated carbocycles. The van der Waals surface area contributed by atoms with Gasteiger partial charge in [0.15, 0.2) is 5.43 Å². The third-order valence-corrected chi connectivity index (χ3v) is 4.58. The van der Waals surface area contributed by atoms with Crippen LogP contribution >= 0.6 is 15.9 Å². The summed E-state index contributed by atoms with van der Waals surface area (Å²) in [6.45, 7) is 1.92. The van der Waals surface area contributed by atoms with Gasteiger partial charge in [-0.1, -0.05) is 28.1 Å². The Kier molecular flexibility index (Phi) is 5.42. The van der Waals surface area contributed by atoms with Crippen LogP contribution < -0.4 is 15.5 Å². The van der Waals surface area contributed by atoms with E-state index < -0.39 is 0 Å². The van der Waals surface area contributed by atoms with Crippen molar-refractivity contribution in [3.63, 3.8) is 0 Å². The van der Waals surface area contributed by atoms with Crippen molar-refractivity contribution in [2.75, 3.05) is 7.11 Å². The van der Waals surface area contributed by atoms with Gasteiger partial charge in [0.05, 0.1) is 7.11 Å². The molecule has 1 aromatic heterocycles. The van der Waals surface area contributed by atoms with Crippen molar-refractivity contribution >= 4 is 32.7 Å². The Morgan fingerprint density at radius 1 is 1.23 bits per heavy atom. The molecule has 2 aromatic carbocycles. The maximum absolute atomic E-state index is 12.5. The Bertz CT molecular complexity index is 1010. The molecule has 1 amide bonds. The Morgan fingerprint density at radius 2 is 2.04 bits per heavy atom. The largest absolute Gasteiger partial charge is 0.497 e. The average molecular weight is 415 g/mol. The zero-order valence-corrected chi connectivity index (χ0v) is 16.1. The summed E-state index contributed by atoms with van der Waals surface area (Å²) in [5.41, 5.74) is 1.76. The van der Waals surface area contributed by atoms with E-state index in [1.807, 2.05) is 37.3 Å². The number of methoxy groups -OCH3 is 1. The van der Waals surface area contributed by atoms with E-state index in [1.165, 1.54) is 6.07 Å². The van der Waals surface area contributed by atoms with E-state index in [-0.39, 0.29) is 23.1 Å². The predicted molar refractivity (Wildman–Crippen MR) is 106 cm³/mol. The van der Waals surface area contributed by atoms with Crippen LogP contribution in [0.1, 0.15) is 23.0 Å². The number of fused-ring (bicyclic) bond motifs is 1. The molecule has 26 heavy (non-hydrogen) atoms. The summed E-state index contributed by atoms with van der Waals surface area (Å²) in [5.74, 6) is 0.480.